The van der Waals surface area contributed by atoms with Crippen molar-refractivity contribution >= 4 is 0 Å². The number of nitrogens with two attached hydrogens (primary N) is 1. The van der Waals surface area contributed by atoms with Gasteiger partial charge in [-0.05, 0) is 41.0 Å². The first-order valence-electron chi connectivity index (χ1n) is 9.50. The number of rotatable bonds is 9. The Bertz CT molecular complexity index is 832. The Morgan fingerprint density at radius 2 is 1.21 bits per heavy atom. The maximum atomic E-state index is 10.1. The quantitative estimate of drug-likeness (QED) is 0.546. The van der Waals surface area contributed by atoms with E-state index in [4.69, 9.17) is 19.9 Å². The standard InChI is InChI=1S/C24H27NO4/c1-27-22-12-8-19(9-13-22)24(29-17-21(26)16-25,18-6-4-3-5-7-18)20-10-14-23(28-2)15-11-20/h3-15,21,26H,16-17,25H2,1-2H3. The molecule has 0 saturated heterocycles. The summed E-state index contributed by atoms with van der Waals surface area (Å²) in [5, 5.41) is 10.1. The Kier molecular flexibility index (Phi) is 6.88. The second-order valence-electron chi connectivity index (χ2n) is 6.70. The summed E-state index contributed by atoms with van der Waals surface area (Å²) in [6, 6.07) is 25.5. The monoisotopic (exact) mass is 393 g/mol. The van der Waals surface area contributed by atoms with Crippen LogP contribution in [0.3, 0.4) is 0 Å². The van der Waals surface area contributed by atoms with Crippen molar-refractivity contribution in [3.63, 3.8) is 0 Å². The molecule has 0 spiro atoms. The lowest BCUT2D eigenvalue weighted by Gasteiger charge is -2.36. The molecule has 29 heavy (non-hydrogen) atoms. The van der Waals surface area contributed by atoms with Gasteiger partial charge in [-0.2, -0.15) is 0 Å². The molecule has 0 radical (unpaired) electrons. The zero-order valence-electron chi connectivity index (χ0n) is 16.7. The molecule has 0 aliphatic heterocycles. The minimum atomic E-state index is -0.935. The fraction of sp³-hybridized carbons (Fsp3) is 0.250. The van der Waals surface area contributed by atoms with Crippen LogP contribution in [-0.4, -0.2) is 38.6 Å². The van der Waals surface area contributed by atoms with Crippen LogP contribution in [0.15, 0.2) is 78.9 Å². The lowest BCUT2D eigenvalue weighted by molar-refractivity contribution is -0.0351. The molecule has 0 aliphatic carbocycles. The lowest BCUT2D eigenvalue weighted by atomic mass is 9.80. The van der Waals surface area contributed by atoms with Gasteiger partial charge in [-0.25, -0.2) is 0 Å². The average molecular weight is 393 g/mol. The van der Waals surface area contributed by atoms with E-state index < -0.39 is 11.7 Å². The van der Waals surface area contributed by atoms with Crippen LogP contribution in [0.5, 0.6) is 11.5 Å². The van der Waals surface area contributed by atoms with Crippen LogP contribution in [-0.2, 0) is 10.3 Å². The third kappa shape index (κ3) is 4.43. The van der Waals surface area contributed by atoms with E-state index in [1.807, 2.05) is 78.9 Å². The predicted molar refractivity (Wildman–Crippen MR) is 113 cm³/mol. The Hall–Kier alpha value is -2.86. The molecule has 5 nitrogen and oxygen atoms in total. The van der Waals surface area contributed by atoms with Gasteiger partial charge in [0.15, 0.2) is 0 Å². The molecule has 3 N–H and O–H groups in total. The molecule has 0 amide bonds. The van der Waals surface area contributed by atoms with E-state index in [0.29, 0.717) is 0 Å². The maximum absolute atomic E-state index is 10.1. The summed E-state index contributed by atoms with van der Waals surface area (Å²) in [5.41, 5.74) is 7.47. The molecule has 0 heterocycles. The van der Waals surface area contributed by atoms with Crippen molar-refractivity contribution in [1.29, 1.82) is 0 Å². The third-order valence-electron chi connectivity index (χ3n) is 4.94. The molecule has 5 heteroatoms. The van der Waals surface area contributed by atoms with E-state index in [9.17, 15) is 5.11 Å². The van der Waals surface area contributed by atoms with Gasteiger partial charge < -0.3 is 25.1 Å². The third-order valence-corrected chi connectivity index (χ3v) is 4.94. The first kappa shape index (κ1) is 20.9. The van der Waals surface area contributed by atoms with Crippen molar-refractivity contribution in [1.82, 2.24) is 0 Å². The van der Waals surface area contributed by atoms with Crippen molar-refractivity contribution in [3.05, 3.63) is 95.6 Å². The molecule has 1 unspecified atom stereocenters. The number of methoxy groups -OCH3 is 2. The van der Waals surface area contributed by atoms with E-state index >= 15 is 0 Å². The van der Waals surface area contributed by atoms with Gasteiger partial charge in [-0.15, -0.1) is 0 Å². The van der Waals surface area contributed by atoms with Gasteiger partial charge in [0, 0.05) is 6.54 Å². The molecule has 3 aromatic rings. The van der Waals surface area contributed by atoms with Crippen LogP contribution >= 0.6 is 0 Å². The van der Waals surface area contributed by atoms with E-state index in [1.54, 1.807) is 14.2 Å². The van der Waals surface area contributed by atoms with Crippen molar-refractivity contribution in [2.75, 3.05) is 27.4 Å². The molecule has 0 fully saturated rings. The van der Waals surface area contributed by atoms with Gasteiger partial charge in [-0.1, -0.05) is 54.6 Å². The predicted octanol–water partition coefficient (Wildman–Crippen LogP) is 3.33. The van der Waals surface area contributed by atoms with Gasteiger partial charge in [0.05, 0.1) is 26.9 Å². The Morgan fingerprint density at radius 3 is 1.62 bits per heavy atom. The van der Waals surface area contributed by atoms with Crippen LogP contribution in [0.4, 0.5) is 0 Å². The van der Waals surface area contributed by atoms with Crippen LogP contribution in [0, 0.1) is 0 Å². The topological polar surface area (TPSA) is 73.9 Å². The molecule has 0 saturated carbocycles. The SMILES string of the molecule is COc1ccc(C(OCC(O)CN)(c2ccccc2)c2ccc(OC)cc2)cc1. The van der Waals surface area contributed by atoms with E-state index in [2.05, 4.69) is 0 Å². The van der Waals surface area contributed by atoms with Gasteiger partial charge in [-0.3, -0.25) is 0 Å². The average Bonchev–Trinajstić information content (AvgIpc) is 2.80. The summed E-state index contributed by atoms with van der Waals surface area (Å²) in [6.45, 7) is 0.208. The fourth-order valence-electron chi connectivity index (χ4n) is 3.36. The number of benzene rings is 3. The summed E-state index contributed by atoms with van der Waals surface area (Å²) in [7, 11) is 3.27. The molecule has 0 bridgehead atoms. The van der Waals surface area contributed by atoms with Gasteiger partial charge in [0.1, 0.15) is 17.1 Å². The minimum Gasteiger partial charge on any atom is -0.497 e. The Balaban J connectivity index is 2.21. The van der Waals surface area contributed by atoms with Crippen LogP contribution in [0.25, 0.3) is 0 Å². The number of hydrogen-bond donors (Lipinski definition) is 2. The normalized spacial score (nSPS) is 12.4. The second-order valence-corrected chi connectivity index (χ2v) is 6.70. The van der Waals surface area contributed by atoms with Crippen molar-refractivity contribution in [3.8, 4) is 11.5 Å². The van der Waals surface area contributed by atoms with E-state index in [1.165, 1.54) is 0 Å². The lowest BCUT2D eigenvalue weighted by Crippen LogP contribution is -2.37. The largest absolute Gasteiger partial charge is 0.497 e. The highest BCUT2D eigenvalue weighted by molar-refractivity contribution is 5.49. The molecule has 0 aromatic heterocycles. The van der Waals surface area contributed by atoms with E-state index in [-0.39, 0.29) is 13.2 Å². The maximum Gasteiger partial charge on any atom is 0.143 e. The van der Waals surface area contributed by atoms with Crippen LogP contribution < -0.4 is 15.2 Å². The van der Waals surface area contributed by atoms with Crippen LogP contribution in [0.2, 0.25) is 0 Å². The van der Waals surface area contributed by atoms with Crippen LogP contribution in [0.1, 0.15) is 16.7 Å². The first-order chi connectivity index (χ1) is 14.1. The van der Waals surface area contributed by atoms with Gasteiger partial charge >= 0.3 is 0 Å². The summed E-state index contributed by atoms with van der Waals surface area (Å²) in [5.74, 6) is 1.51. The molecular formula is C24H27NO4. The van der Waals surface area contributed by atoms with Gasteiger partial charge in [0.25, 0.3) is 0 Å². The smallest absolute Gasteiger partial charge is 0.143 e. The minimum absolute atomic E-state index is 0.0868. The fourth-order valence-corrected chi connectivity index (χ4v) is 3.36. The molecular weight excluding hydrogens is 366 g/mol. The second kappa shape index (κ2) is 9.56. The van der Waals surface area contributed by atoms with Crippen molar-refractivity contribution < 1.29 is 19.3 Å². The van der Waals surface area contributed by atoms with Crippen molar-refractivity contribution in [2.24, 2.45) is 5.73 Å². The number of aliphatic hydroxyl groups is 1. The number of aliphatic hydroxyl groups excluding tert-OH is 1. The Labute approximate surface area is 171 Å². The molecule has 1 atom stereocenters. The molecule has 152 valence electrons. The first-order valence-corrected chi connectivity index (χ1v) is 9.50. The molecule has 3 aromatic carbocycles. The molecule has 3 rings (SSSR count). The number of ether oxygens (including phenoxy) is 3. The summed E-state index contributed by atoms with van der Waals surface area (Å²) in [6.07, 6.45) is -0.769. The van der Waals surface area contributed by atoms with E-state index in [0.717, 1.165) is 28.2 Å². The molecule has 0 aliphatic rings. The summed E-state index contributed by atoms with van der Waals surface area (Å²) in [4.78, 5) is 0. The zero-order valence-corrected chi connectivity index (χ0v) is 16.7. The highest BCUT2D eigenvalue weighted by atomic mass is 16.5. The highest BCUT2D eigenvalue weighted by Crippen LogP contribution is 2.41. The van der Waals surface area contributed by atoms with Gasteiger partial charge in [0.2, 0.25) is 0 Å². The summed E-state index contributed by atoms with van der Waals surface area (Å²) < 4.78 is 17.1. The van der Waals surface area contributed by atoms with Crippen molar-refractivity contribution in [2.45, 2.75) is 11.7 Å². The highest BCUT2D eigenvalue weighted by Gasteiger charge is 2.38. The Morgan fingerprint density at radius 1 is 0.759 bits per heavy atom. The summed E-state index contributed by atoms with van der Waals surface area (Å²) >= 11 is 0. The zero-order chi connectivity index (χ0) is 20.7. The number of hydrogen-bond acceptors (Lipinski definition) is 5.